The Kier molecular flexibility index (Phi) is 7.04. The van der Waals surface area contributed by atoms with E-state index in [1.54, 1.807) is 4.90 Å². The highest BCUT2D eigenvalue weighted by Gasteiger charge is 2.46. The number of alkyl halides is 3. The van der Waals surface area contributed by atoms with Gasteiger partial charge in [0.25, 0.3) is 11.6 Å². The van der Waals surface area contributed by atoms with Crippen molar-refractivity contribution in [1.82, 2.24) is 14.9 Å². The van der Waals surface area contributed by atoms with Crippen LogP contribution in [0, 0.1) is 19.7 Å². The average Bonchev–Trinajstić information content (AvgIpc) is 2.85. The Morgan fingerprint density at radius 2 is 1.95 bits per heavy atom. The minimum absolute atomic E-state index is 0.0251. The Morgan fingerprint density at radius 3 is 2.65 bits per heavy atom. The number of nitrogens with one attached hydrogen (secondary N) is 1. The van der Waals surface area contributed by atoms with Crippen LogP contribution in [0.15, 0.2) is 23.0 Å². The van der Waals surface area contributed by atoms with Gasteiger partial charge in [0, 0.05) is 24.2 Å². The second-order valence-corrected chi connectivity index (χ2v) is 8.80. The second-order valence-electron chi connectivity index (χ2n) is 8.80. The van der Waals surface area contributed by atoms with Crippen molar-refractivity contribution in [2.45, 2.75) is 32.5 Å². The van der Waals surface area contributed by atoms with Gasteiger partial charge in [-0.3, -0.25) is 14.4 Å². The summed E-state index contributed by atoms with van der Waals surface area (Å²) in [5.74, 6) is -4.42. The van der Waals surface area contributed by atoms with Gasteiger partial charge in [0.15, 0.2) is 0 Å². The number of H-pyrrole nitrogens is 1. The van der Waals surface area contributed by atoms with Gasteiger partial charge in [0.2, 0.25) is 5.91 Å². The molecule has 198 valence electrons. The van der Waals surface area contributed by atoms with E-state index in [4.69, 9.17) is 4.74 Å². The minimum atomic E-state index is -5.32. The van der Waals surface area contributed by atoms with Gasteiger partial charge in [0.1, 0.15) is 17.2 Å². The topological polar surface area (TPSA) is 113 Å². The summed E-state index contributed by atoms with van der Waals surface area (Å²) in [4.78, 5) is 56.7. The molecule has 2 fully saturated rings. The van der Waals surface area contributed by atoms with E-state index in [1.165, 1.54) is 30.9 Å². The van der Waals surface area contributed by atoms with Crippen LogP contribution in [0.1, 0.15) is 32.7 Å². The van der Waals surface area contributed by atoms with Gasteiger partial charge < -0.3 is 14.5 Å². The highest BCUT2D eigenvalue weighted by Crippen LogP contribution is 2.21. The van der Waals surface area contributed by atoms with Crippen LogP contribution in [0.4, 0.5) is 17.6 Å². The van der Waals surface area contributed by atoms with E-state index in [2.05, 4.69) is 9.94 Å². The molecule has 37 heavy (non-hydrogen) atoms. The van der Waals surface area contributed by atoms with Gasteiger partial charge in [-0.2, -0.15) is 18.0 Å². The van der Waals surface area contributed by atoms with E-state index < -0.39 is 29.4 Å². The zero-order chi connectivity index (χ0) is 27.1. The van der Waals surface area contributed by atoms with Crippen LogP contribution < -0.4 is 15.2 Å². The van der Waals surface area contributed by atoms with Crippen molar-refractivity contribution in [2.75, 3.05) is 32.8 Å². The van der Waals surface area contributed by atoms with Crippen LogP contribution in [-0.4, -0.2) is 77.7 Å². The molecule has 1 aromatic heterocycles. The Hall–Kier alpha value is -3.81. The number of carbonyl (C=O) groups is 3. The smallest absolute Gasteiger partial charge is 0.377 e. The third-order valence-electron chi connectivity index (χ3n) is 6.41. The number of carbonyl (C=O) groups excluding carboxylic acids is 3. The predicted molar refractivity (Wildman–Crippen MR) is 116 cm³/mol. The molecule has 14 heteroatoms. The lowest BCUT2D eigenvalue weighted by molar-refractivity contribution is -0.921. The lowest BCUT2D eigenvalue weighted by Crippen LogP contribution is -2.61. The van der Waals surface area contributed by atoms with E-state index in [0.717, 1.165) is 6.07 Å². The number of aromatic nitrogens is 2. The number of morpholine rings is 1. The first kappa shape index (κ1) is 26.3. The molecule has 1 unspecified atom stereocenters. The Morgan fingerprint density at radius 1 is 1.22 bits per heavy atom. The number of hydrogen-bond donors (Lipinski definition) is 1. The summed E-state index contributed by atoms with van der Waals surface area (Å²) >= 11 is 0. The summed E-state index contributed by atoms with van der Waals surface area (Å²) in [5.41, 5.74) is -0.464. The summed E-state index contributed by atoms with van der Waals surface area (Å²) < 4.78 is 58.4. The standard InChI is InChI=1S/C23H22F4N4O6/c1-12-13(2)20(33)28-31(37-22(35)23(25,26)27)18(12)8-14-3-4-17(24)16(7-14)21(34)29-9-15-11-36-6-5-30(15)19(32)10-29/h3-4,7,15H,5-6,8-11H2,1-2H3/p+1. The monoisotopic (exact) mass is 527 g/mol. The lowest BCUT2D eigenvalue weighted by atomic mass is 10.0. The number of ether oxygens (including phenoxy) is 1. The number of hydrogen-bond acceptors (Lipinski definition) is 6. The molecule has 4 rings (SSSR count). The molecule has 1 N–H and O–H groups in total. The fourth-order valence-corrected chi connectivity index (χ4v) is 4.27. The molecule has 2 aliphatic heterocycles. The normalized spacial score (nSPS) is 18.0. The van der Waals surface area contributed by atoms with Crippen molar-refractivity contribution >= 4 is 17.8 Å². The molecule has 1 atom stereocenters. The maximum absolute atomic E-state index is 14.7. The molecule has 2 aliphatic rings. The first-order chi connectivity index (χ1) is 17.4. The fraction of sp³-hybridized carbons (Fsp3) is 0.435. The van der Waals surface area contributed by atoms with Gasteiger partial charge in [-0.05, 0) is 31.5 Å². The van der Waals surface area contributed by atoms with Crippen molar-refractivity contribution in [3.05, 3.63) is 62.3 Å². The molecule has 0 saturated carbocycles. The largest absolute Gasteiger partial charge is 0.498 e. The fourth-order valence-electron chi connectivity index (χ4n) is 4.27. The SMILES string of the molecule is Cc1c(C)c(=O)[nH][n+](OC(=O)C(F)(F)F)c1Cc1ccc(F)c(C(=O)N2CC(=O)N3CCOCC3C2)c1. The molecule has 0 aliphatic carbocycles. The maximum Gasteiger partial charge on any atom is 0.498 e. The number of fused-ring (bicyclic) bond motifs is 1. The predicted octanol–water partition coefficient (Wildman–Crippen LogP) is 0.210. The van der Waals surface area contributed by atoms with Crippen molar-refractivity contribution in [2.24, 2.45) is 0 Å². The molecular weight excluding hydrogens is 504 g/mol. The highest BCUT2D eigenvalue weighted by molar-refractivity contribution is 5.97. The molecule has 0 bridgehead atoms. The first-order valence-corrected chi connectivity index (χ1v) is 11.3. The van der Waals surface area contributed by atoms with Gasteiger partial charge in [-0.25, -0.2) is 9.18 Å². The number of aromatic amines is 1. The summed E-state index contributed by atoms with van der Waals surface area (Å²) in [7, 11) is 0. The van der Waals surface area contributed by atoms with Crippen LogP contribution in [-0.2, 0) is 20.7 Å². The molecule has 0 spiro atoms. The number of amides is 2. The van der Waals surface area contributed by atoms with E-state index in [-0.39, 0.29) is 66.0 Å². The number of halogens is 4. The lowest BCUT2D eigenvalue weighted by Gasteiger charge is -2.43. The quantitative estimate of drug-likeness (QED) is 0.450. The van der Waals surface area contributed by atoms with Crippen LogP contribution in [0.2, 0.25) is 0 Å². The number of piperazine rings is 1. The highest BCUT2D eigenvalue weighted by atomic mass is 19.4. The summed E-state index contributed by atoms with van der Waals surface area (Å²) in [6.45, 7) is 3.86. The molecule has 2 amide bonds. The third kappa shape index (κ3) is 5.33. The Labute approximate surface area is 207 Å². The Balaban J connectivity index is 1.63. The molecule has 10 nitrogen and oxygen atoms in total. The van der Waals surface area contributed by atoms with Gasteiger partial charge in [0.05, 0.1) is 31.2 Å². The van der Waals surface area contributed by atoms with E-state index in [0.29, 0.717) is 18.0 Å². The molecular formula is C23H23F4N4O6+. The van der Waals surface area contributed by atoms with Crippen molar-refractivity contribution in [1.29, 1.82) is 0 Å². The average molecular weight is 527 g/mol. The van der Waals surface area contributed by atoms with Crippen molar-refractivity contribution in [3.8, 4) is 0 Å². The second kappa shape index (κ2) is 9.92. The number of nitrogens with zero attached hydrogens (tertiary/aromatic N) is 3. The van der Waals surface area contributed by atoms with E-state index in [1.807, 2.05) is 0 Å². The minimum Gasteiger partial charge on any atom is -0.377 e. The van der Waals surface area contributed by atoms with Gasteiger partial charge in [-0.1, -0.05) is 11.2 Å². The molecule has 2 saturated heterocycles. The first-order valence-electron chi connectivity index (χ1n) is 11.3. The Bertz CT molecular complexity index is 1330. The maximum atomic E-state index is 14.7. The van der Waals surface area contributed by atoms with Gasteiger partial charge in [-0.15, -0.1) is 0 Å². The van der Waals surface area contributed by atoms with Crippen LogP contribution in [0.25, 0.3) is 0 Å². The zero-order valence-corrected chi connectivity index (χ0v) is 19.9. The van der Waals surface area contributed by atoms with Gasteiger partial charge >= 0.3 is 17.7 Å². The van der Waals surface area contributed by atoms with Crippen LogP contribution in [0.3, 0.4) is 0 Å². The summed E-state index contributed by atoms with van der Waals surface area (Å²) in [6.07, 6.45) is -5.54. The molecule has 2 aromatic rings. The number of benzene rings is 1. The number of rotatable bonds is 4. The zero-order valence-electron chi connectivity index (χ0n) is 19.9. The van der Waals surface area contributed by atoms with Crippen LogP contribution in [0.5, 0.6) is 0 Å². The third-order valence-corrected chi connectivity index (χ3v) is 6.41. The van der Waals surface area contributed by atoms with Crippen molar-refractivity contribution in [3.63, 3.8) is 0 Å². The molecule has 0 radical (unpaired) electrons. The summed E-state index contributed by atoms with van der Waals surface area (Å²) in [6, 6.07) is 3.19. The molecule has 3 heterocycles. The van der Waals surface area contributed by atoms with Crippen LogP contribution >= 0.6 is 0 Å². The van der Waals surface area contributed by atoms with E-state index >= 15 is 0 Å². The van der Waals surface area contributed by atoms with Crippen molar-refractivity contribution < 1.29 is 46.4 Å². The van der Waals surface area contributed by atoms with E-state index in [9.17, 15) is 36.7 Å². The summed E-state index contributed by atoms with van der Waals surface area (Å²) in [5, 5.41) is 2.05. The molecule has 1 aromatic carbocycles.